The molecule has 46 heavy (non-hydrogen) atoms. The Morgan fingerprint density at radius 2 is 1.48 bits per heavy atom. The van der Waals surface area contributed by atoms with Crippen LogP contribution in [0, 0.1) is 0 Å². The molecule has 3 aromatic rings. The molecule has 0 saturated carbocycles. The minimum Gasteiger partial charge on any atom is -0.369 e. The van der Waals surface area contributed by atoms with E-state index in [0.717, 1.165) is 5.56 Å². The fraction of sp³-hybridized carbons (Fsp3) is 0.394. The molecule has 0 radical (unpaired) electrons. The zero-order chi connectivity index (χ0) is 33.7. The number of carbonyl (C=O) groups is 2. The van der Waals surface area contributed by atoms with E-state index in [0.29, 0.717) is 37.2 Å². The van der Waals surface area contributed by atoms with E-state index in [1.807, 2.05) is 37.3 Å². The summed E-state index contributed by atoms with van der Waals surface area (Å²) in [6.07, 6.45) is -9.24. The van der Waals surface area contributed by atoms with Crippen LogP contribution in [0.2, 0.25) is 10.0 Å². The zero-order valence-corrected chi connectivity index (χ0v) is 26.2. The molecule has 2 amide bonds. The Kier molecular flexibility index (Phi) is 9.18. The third-order valence-electron chi connectivity index (χ3n) is 9.57. The number of amides is 2. The summed E-state index contributed by atoms with van der Waals surface area (Å²) in [4.78, 5) is 30.5. The second-order valence-corrected chi connectivity index (χ2v) is 12.8. The fourth-order valence-corrected chi connectivity index (χ4v) is 7.43. The SMILES string of the molecule is CCN1CCC(C(N)=O)(c2ccccc2)CC1C1(c2ccc(Cl)c(Cl)c2)CCN(C(=O)c2cc(C(F)(F)F)cc(C(F)(F)F)c2)C1. The Balaban J connectivity index is 1.62. The highest BCUT2D eigenvalue weighted by Gasteiger charge is 2.55. The fourth-order valence-electron chi connectivity index (χ4n) is 7.13. The first-order valence-electron chi connectivity index (χ1n) is 14.7. The molecule has 3 unspecified atom stereocenters. The highest BCUT2D eigenvalue weighted by Crippen LogP contribution is 2.49. The number of benzene rings is 3. The average Bonchev–Trinajstić information content (AvgIpc) is 3.47. The van der Waals surface area contributed by atoms with Crippen molar-refractivity contribution in [3.8, 4) is 0 Å². The lowest BCUT2D eigenvalue weighted by molar-refractivity contribution is -0.143. The predicted molar refractivity (Wildman–Crippen MR) is 163 cm³/mol. The summed E-state index contributed by atoms with van der Waals surface area (Å²) in [7, 11) is 0. The molecule has 2 aliphatic heterocycles. The van der Waals surface area contributed by atoms with Crippen LogP contribution in [0.5, 0.6) is 0 Å². The minimum absolute atomic E-state index is 0.00504. The van der Waals surface area contributed by atoms with E-state index in [2.05, 4.69) is 4.90 Å². The van der Waals surface area contributed by atoms with Crippen molar-refractivity contribution < 1.29 is 35.9 Å². The molecular weight excluding hydrogens is 655 g/mol. The van der Waals surface area contributed by atoms with E-state index >= 15 is 0 Å². The summed E-state index contributed by atoms with van der Waals surface area (Å²) >= 11 is 12.7. The smallest absolute Gasteiger partial charge is 0.369 e. The number of nitrogens with zero attached hydrogens (tertiary/aromatic N) is 2. The van der Waals surface area contributed by atoms with Gasteiger partial charge in [0.15, 0.2) is 0 Å². The Morgan fingerprint density at radius 3 is 2.02 bits per heavy atom. The number of likely N-dealkylation sites (N-methyl/N-ethyl adjacent to an activating group) is 1. The Labute approximate surface area is 272 Å². The van der Waals surface area contributed by atoms with Gasteiger partial charge in [-0.15, -0.1) is 0 Å². The van der Waals surface area contributed by atoms with Crippen molar-refractivity contribution in [3.05, 3.63) is 105 Å². The molecule has 2 aliphatic rings. The molecule has 5 rings (SSSR count). The van der Waals surface area contributed by atoms with Crippen LogP contribution >= 0.6 is 23.2 Å². The van der Waals surface area contributed by atoms with Crippen molar-refractivity contribution in [1.29, 1.82) is 0 Å². The van der Waals surface area contributed by atoms with Gasteiger partial charge in [-0.3, -0.25) is 14.5 Å². The van der Waals surface area contributed by atoms with E-state index in [4.69, 9.17) is 28.9 Å². The van der Waals surface area contributed by atoms with Gasteiger partial charge in [-0.05, 0) is 73.8 Å². The lowest BCUT2D eigenvalue weighted by Gasteiger charge is -2.52. The minimum atomic E-state index is -5.11. The molecule has 2 fully saturated rings. The van der Waals surface area contributed by atoms with Gasteiger partial charge in [0.25, 0.3) is 5.91 Å². The first kappa shape index (κ1) is 34.1. The van der Waals surface area contributed by atoms with Crippen LogP contribution in [0.1, 0.15) is 58.8 Å². The van der Waals surface area contributed by atoms with Crippen LogP contribution < -0.4 is 5.73 Å². The standard InChI is InChI=1S/C33H31Cl2F6N3O2/c1-2-43-12-10-30(29(42)46,21-6-4-3-5-7-21)18-27(43)31(22-8-9-25(34)26(35)17-22)11-13-44(19-31)28(45)20-14-23(32(36,37)38)16-24(15-20)33(39,40)41/h3-9,14-17,27H,2,10-13,18-19H2,1H3,(H2,42,46). The van der Waals surface area contributed by atoms with Gasteiger partial charge < -0.3 is 10.6 Å². The molecule has 0 bridgehead atoms. The molecule has 0 spiro atoms. The van der Waals surface area contributed by atoms with Gasteiger partial charge in [-0.2, -0.15) is 26.3 Å². The van der Waals surface area contributed by atoms with Gasteiger partial charge in [-0.1, -0.05) is 66.5 Å². The summed E-state index contributed by atoms with van der Waals surface area (Å²) < 4.78 is 81.8. The largest absolute Gasteiger partial charge is 0.416 e. The predicted octanol–water partition coefficient (Wildman–Crippen LogP) is 7.72. The van der Waals surface area contributed by atoms with E-state index in [1.165, 1.54) is 4.90 Å². The number of primary amides is 1. The first-order chi connectivity index (χ1) is 21.5. The van der Waals surface area contributed by atoms with Crippen molar-refractivity contribution in [1.82, 2.24) is 9.80 Å². The number of carbonyl (C=O) groups excluding carboxylic acids is 2. The Morgan fingerprint density at radius 1 is 0.848 bits per heavy atom. The molecule has 3 atom stereocenters. The molecule has 0 aliphatic carbocycles. The second-order valence-electron chi connectivity index (χ2n) is 12.0. The van der Waals surface area contributed by atoms with Gasteiger partial charge >= 0.3 is 12.4 Å². The van der Waals surface area contributed by atoms with E-state index < -0.39 is 57.7 Å². The Bertz CT molecular complexity index is 1600. The molecule has 2 N–H and O–H groups in total. The van der Waals surface area contributed by atoms with Crippen LogP contribution in [0.25, 0.3) is 0 Å². The molecule has 2 heterocycles. The molecular formula is C33H31Cl2F6N3O2. The molecule has 5 nitrogen and oxygen atoms in total. The topological polar surface area (TPSA) is 66.6 Å². The number of piperidine rings is 1. The quantitative estimate of drug-likeness (QED) is 0.270. The number of nitrogens with two attached hydrogens (primary N) is 1. The third kappa shape index (κ3) is 6.21. The molecule has 3 aromatic carbocycles. The number of rotatable bonds is 6. The number of halogens is 8. The molecule has 246 valence electrons. The van der Waals surface area contributed by atoms with Crippen molar-refractivity contribution in [2.45, 2.75) is 55.4 Å². The highest BCUT2D eigenvalue weighted by molar-refractivity contribution is 6.42. The number of alkyl halides is 6. The van der Waals surface area contributed by atoms with E-state index in [1.54, 1.807) is 18.2 Å². The molecule has 13 heteroatoms. The summed E-state index contributed by atoms with van der Waals surface area (Å²) in [6.45, 7) is 2.95. The van der Waals surface area contributed by atoms with Crippen LogP contribution in [0.4, 0.5) is 26.3 Å². The van der Waals surface area contributed by atoms with Crippen LogP contribution in [0.15, 0.2) is 66.7 Å². The second kappa shape index (κ2) is 12.4. The summed E-state index contributed by atoms with van der Waals surface area (Å²) in [5.41, 5.74) is 1.65. The number of hydrogen-bond donors (Lipinski definition) is 1. The van der Waals surface area contributed by atoms with Crippen molar-refractivity contribution in [2.75, 3.05) is 26.2 Å². The highest BCUT2D eigenvalue weighted by atomic mass is 35.5. The van der Waals surface area contributed by atoms with Gasteiger partial charge in [0, 0.05) is 30.1 Å². The van der Waals surface area contributed by atoms with Crippen molar-refractivity contribution in [2.24, 2.45) is 5.73 Å². The van der Waals surface area contributed by atoms with Gasteiger partial charge in [0.2, 0.25) is 5.91 Å². The third-order valence-corrected chi connectivity index (χ3v) is 10.3. The normalized spacial score (nSPS) is 24.3. The maximum absolute atomic E-state index is 13.8. The first-order valence-corrected chi connectivity index (χ1v) is 15.4. The Hall–Kier alpha value is -3.28. The summed E-state index contributed by atoms with van der Waals surface area (Å²) in [5, 5.41) is 0.515. The summed E-state index contributed by atoms with van der Waals surface area (Å²) in [5.74, 6) is -1.49. The molecule has 2 saturated heterocycles. The van der Waals surface area contributed by atoms with Crippen molar-refractivity contribution in [3.63, 3.8) is 0 Å². The van der Waals surface area contributed by atoms with Crippen LogP contribution in [-0.2, 0) is 28.0 Å². The van der Waals surface area contributed by atoms with Gasteiger partial charge in [0.1, 0.15) is 0 Å². The van der Waals surface area contributed by atoms with Gasteiger partial charge in [-0.25, -0.2) is 0 Å². The van der Waals surface area contributed by atoms with E-state index in [9.17, 15) is 35.9 Å². The lowest BCUT2D eigenvalue weighted by Crippen LogP contribution is -2.61. The maximum atomic E-state index is 13.8. The maximum Gasteiger partial charge on any atom is 0.416 e. The van der Waals surface area contributed by atoms with Crippen molar-refractivity contribution >= 4 is 35.0 Å². The lowest BCUT2D eigenvalue weighted by atomic mass is 9.61. The van der Waals surface area contributed by atoms with Crippen LogP contribution in [-0.4, -0.2) is 53.8 Å². The molecule has 0 aromatic heterocycles. The van der Waals surface area contributed by atoms with E-state index in [-0.39, 0.29) is 42.0 Å². The number of hydrogen-bond acceptors (Lipinski definition) is 3. The van der Waals surface area contributed by atoms with Gasteiger partial charge in [0.05, 0.1) is 26.6 Å². The monoisotopic (exact) mass is 685 g/mol. The zero-order valence-electron chi connectivity index (χ0n) is 24.7. The summed E-state index contributed by atoms with van der Waals surface area (Å²) in [6, 6.07) is 14.6. The van der Waals surface area contributed by atoms with Crippen LogP contribution in [0.3, 0.4) is 0 Å². The number of likely N-dealkylation sites (tertiary alicyclic amines) is 2. The average molecular weight is 687 g/mol.